The maximum atomic E-state index is 11.0. The molecule has 0 spiro atoms. The Labute approximate surface area is 120 Å². The quantitative estimate of drug-likeness (QED) is 0.781. The van der Waals surface area contributed by atoms with Gasteiger partial charge in [-0.1, -0.05) is 17.7 Å². The van der Waals surface area contributed by atoms with E-state index in [-0.39, 0.29) is 6.54 Å². The van der Waals surface area contributed by atoms with Crippen LogP contribution in [-0.4, -0.2) is 61.7 Å². The first-order valence-corrected chi connectivity index (χ1v) is 6.64. The monoisotopic (exact) mass is 280 g/mol. The molecule has 0 aromatic heterocycles. The SMILES string of the molecule is COc1ccc(C)cc1CN(CCN(C)C)CC(=O)O. The van der Waals surface area contributed by atoms with Gasteiger partial charge >= 0.3 is 5.97 Å². The van der Waals surface area contributed by atoms with Gasteiger partial charge in [0.05, 0.1) is 13.7 Å². The Morgan fingerprint density at radius 3 is 2.55 bits per heavy atom. The van der Waals surface area contributed by atoms with E-state index in [2.05, 4.69) is 0 Å². The fourth-order valence-electron chi connectivity index (χ4n) is 2.02. The molecule has 0 atom stereocenters. The molecule has 5 heteroatoms. The largest absolute Gasteiger partial charge is 0.496 e. The van der Waals surface area contributed by atoms with E-state index in [0.29, 0.717) is 13.1 Å². The molecular weight excluding hydrogens is 256 g/mol. The van der Waals surface area contributed by atoms with E-state index in [9.17, 15) is 4.79 Å². The molecule has 0 aliphatic rings. The van der Waals surface area contributed by atoms with Crippen molar-refractivity contribution in [3.63, 3.8) is 0 Å². The highest BCUT2D eigenvalue weighted by atomic mass is 16.5. The molecular formula is C15H24N2O3. The topological polar surface area (TPSA) is 53.0 Å². The molecule has 20 heavy (non-hydrogen) atoms. The van der Waals surface area contributed by atoms with Gasteiger partial charge in [0.25, 0.3) is 0 Å². The van der Waals surface area contributed by atoms with Crippen LogP contribution in [0.3, 0.4) is 0 Å². The highest BCUT2D eigenvalue weighted by Crippen LogP contribution is 2.21. The van der Waals surface area contributed by atoms with E-state index in [4.69, 9.17) is 9.84 Å². The number of ether oxygens (including phenoxy) is 1. The zero-order valence-corrected chi connectivity index (χ0v) is 12.7. The molecule has 0 heterocycles. The van der Waals surface area contributed by atoms with E-state index in [1.165, 1.54) is 0 Å². The summed E-state index contributed by atoms with van der Waals surface area (Å²) < 4.78 is 5.35. The molecule has 112 valence electrons. The number of rotatable bonds is 8. The van der Waals surface area contributed by atoms with Gasteiger partial charge in [-0.2, -0.15) is 0 Å². The zero-order chi connectivity index (χ0) is 15.1. The molecule has 0 unspecified atom stereocenters. The normalized spacial score (nSPS) is 11.1. The predicted octanol–water partition coefficient (Wildman–Crippen LogP) is 1.45. The van der Waals surface area contributed by atoms with E-state index < -0.39 is 5.97 Å². The number of nitrogens with zero attached hydrogens (tertiary/aromatic N) is 2. The van der Waals surface area contributed by atoms with Crippen molar-refractivity contribution in [2.24, 2.45) is 0 Å². The first-order valence-electron chi connectivity index (χ1n) is 6.64. The first-order chi connectivity index (χ1) is 9.42. The third kappa shape index (κ3) is 5.59. The lowest BCUT2D eigenvalue weighted by molar-refractivity contribution is -0.138. The van der Waals surface area contributed by atoms with Crippen molar-refractivity contribution in [3.05, 3.63) is 29.3 Å². The van der Waals surface area contributed by atoms with Crippen LogP contribution in [-0.2, 0) is 11.3 Å². The highest BCUT2D eigenvalue weighted by Gasteiger charge is 2.13. The van der Waals surface area contributed by atoms with Gasteiger partial charge in [-0.15, -0.1) is 0 Å². The highest BCUT2D eigenvalue weighted by molar-refractivity contribution is 5.69. The van der Waals surface area contributed by atoms with Crippen LogP contribution >= 0.6 is 0 Å². The number of hydrogen-bond acceptors (Lipinski definition) is 4. The minimum Gasteiger partial charge on any atom is -0.496 e. The van der Waals surface area contributed by atoms with Crippen LogP contribution in [0.5, 0.6) is 5.75 Å². The van der Waals surface area contributed by atoms with Crippen molar-refractivity contribution < 1.29 is 14.6 Å². The van der Waals surface area contributed by atoms with E-state index in [1.54, 1.807) is 7.11 Å². The molecule has 0 saturated carbocycles. The van der Waals surface area contributed by atoms with Crippen LogP contribution in [0.25, 0.3) is 0 Å². The molecule has 1 aromatic carbocycles. The van der Waals surface area contributed by atoms with Gasteiger partial charge in [0, 0.05) is 25.2 Å². The summed E-state index contributed by atoms with van der Waals surface area (Å²) in [7, 11) is 5.59. The summed E-state index contributed by atoms with van der Waals surface area (Å²) in [6, 6.07) is 5.96. The maximum absolute atomic E-state index is 11.0. The van der Waals surface area contributed by atoms with Gasteiger partial charge < -0.3 is 14.7 Å². The fraction of sp³-hybridized carbons (Fsp3) is 0.533. The summed E-state index contributed by atoms with van der Waals surface area (Å²) in [6.07, 6.45) is 0. The van der Waals surface area contributed by atoms with Crippen molar-refractivity contribution in [2.45, 2.75) is 13.5 Å². The second-order valence-corrected chi connectivity index (χ2v) is 5.22. The number of carboxylic acid groups (broad SMARTS) is 1. The van der Waals surface area contributed by atoms with Crippen LogP contribution in [0, 0.1) is 6.92 Å². The van der Waals surface area contributed by atoms with Crippen LogP contribution in [0.1, 0.15) is 11.1 Å². The Balaban J connectivity index is 2.82. The van der Waals surface area contributed by atoms with Gasteiger partial charge in [0.15, 0.2) is 0 Å². The van der Waals surface area contributed by atoms with Crippen molar-refractivity contribution >= 4 is 5.97 Å². The van der Waals surface area contributed by atoms with Crippen molar-refractivity contribution in [2.75, 3.05) is 40.8 Å². The second kappa shape index (κ2) is 7.87. The average molecular weight is 280 g/mol. The number of aliphatic carboxylic acids is 1. The van der Waals surface area contributed by atoms with Gasteiger partial charge in [-0.25, -0.2) is 0 Å². The van der Waals surface area contributed by atoms with Gasteiger partial charge in [-0.3, -0.25) is 9.69 Å². The number of aryl methyl sites for hydroxylation is 1. The smallest absolute Gasteiger partial charge is 0.317 e. The second-order valence-electron chi connectivity index (χ2n) is 5.22. The van der Waals surface area contributed by atoms with E-state index >= 15 is 0 Å². The number of likely N-dealkylation sites (N-methyl/N-ethyl adjacent to an activating group) is 1. The number of carbonyl (C=O) groups is 1. The number of benzene rings is 1. The molecule has 0 amide bonds. The Bertz CT molecular complexity index is 447. The van der Waals surface area contributed by atoms with Crippen LogP contribution in [0.2, 0.25) is 0 Å². The Morgan fingerprint density at radius 1 is 1.30 bits per heavy atom. The molecule has 0 aliphatic heterocycles. The Hall–Kier alpha value is -1.59. The number of hydrogen-bond donors (Lipinski definition) is 1. The summed E-state index contributed by atoms with van der Waals surface area (Å²) >= 11 is 0. The van der Waals surface area contributed by atoms with E-state index in [1.807, 2.05) is 49.0 Å². The lowest BCUT2D eigenvalue weighted by atomic mass is 10.1. The summed E-state index contributed by atoms with van der Waals surface area (Å²) in [5.41, 5.74) is 2.16. The number of methoxy groups -OCH3 is 1. The fourth-order valence-corrected chi connectivity index (χ4v) is 2.02. The standard InChI is InChI=1S/C15H24N2O3/c1-12-5-6-14(20-4)13(9-12)10-17(11-15(18)19)8-7-16(2)3/h5-6,9H,7-8,10-11H2,1-4H3,(H,18,19). The molecule has 1 aromatic rings. The zero-order valence-electron chi connectivity index (χ0n) is 12.7. The summed E-state index contributed by atoms with van der Waals surface area (Å²) in [5.74, 6) is -0.00813. The molecule has 0 saturated heterocycles. The summed E-state index contributed by atoms with van der Waals surface area (Å²) in [4.78, 5) is 14.9. The molecule has 1 rings (SSSR count). The lowest BCUT2D eigenvalue weighted by Crippen LogP contribution is -2.35. The van der Waals surface area contributed by atoms with E-state index in [0.717, 1.165) is 23.4 Å². The predicted molar refractivity (Wildman–Crippen MR) is 79.2 cm³/mol. The third-order valence-electron chi connectivity index (χ3n) is 3.05. The Kier molecular flexibility index (Phi) is 6.48. The lowest BCUT2D eigenvalue weighted by Gasteiger charge is -2.23. The average Bonchev–Trinajstić information content (AvgIpc) is 2.35. The molecule has 0 bridgehead atoms. The van der Waals surface area contributed by atoms with Gasteiger partial charge in [-0.05, 0) is 27.1 Å². The Morgan fingerprint density at radius 2 is 2.00 bits per heavy atom. The molecule has 1 N–H and O–H groups in total. The summed E-state index contributed by atoms with van der Waals surface area (Å²) in [6.45, 7) is 4.15. The third-order valence-corrected chi connectivity index (χ3v) is 3.05. The maximum Gasteiger partial charge on any atom is 0.317 e. The van der Waals surface area contributed by atoms with Crippen LogP contribution in [0.4, 0.5) is 0 Å². The minimum atomic E-state index is -0.810. The molecule has 0 aliphatic carbocycles. The number of carboxylic acids is 1. The molecule has 0 fully saturated rings. The van der Waals surface area contributed by atoms with Gasteiger partial charge in [0.2, 0.25) is 0 Å². The van der Waals surface area contributed by atoms with Crippen LogP contribution < -0.4 is 4.74 Å². The van der Waals surface area contributed by atoms with Crippen LogP contribution in [0.15, 0.2) is 18.2 Å². The summed E-state index contributed by atoms with van der Waals surface area (Å²) in [5, 5.41) is 9.02. The minimum absolute atomic E-state index is 0.0327. The van der Waals surface area contributed by atoms with Gasteiger partial charge in [0.1, 0.15) is 5.75 Å². The van der Waals surface area contributed by atoms with Crippen molar-refractivity contribution in [1.29, 1.82) is 0 Å². The first kappa shape index (κ1) is 16.5. The van der Waals surface area contributed by atoms with Crippen molar-refractivity contribution in [1.82, 2.24) is 9.80 Å². The molecule has 0 radical (unpaired) electrons. The molecule has 5 nitrogen and oxygen atoms in total. The van der Waals surface area contributed by atoms with Crippen molar-refractivity contribution in [3.8, 4) is 5.75 Å².